The third kappa shape index (κ3) is 3.38. The van der Waals surface area contributed by atoms with Crippen LogP contribution in [0.2, 0.25) is 0 Å². The Morgan fingerprint density at radius 2 is 1.05 bits per heavy atom. The first-order chi connectivity index (χ1) is 10.2. The number of rotatable bonds is 3. The molecule has 0 nitrogen and oxygen atoms in total. The molecule has 2 rings (SSSR count). The van der Waals surface area contributed by atoms with Crippen molar-refractivity contribution in [3.8, 4) is 0 Å². The average molecular weight is 361 g/mol. The molecule has 0 N–H and O–H groups in total. The van der Waals surface area contributed by atoms with Crippen LogP contribution in [-0.2, 0) is 0 Å². The minimum atomic E-state index is -2.13. The van der Waals surface area contributed by atoms with E-state index in [1.165, 1.54) is 42.2 Å². The molecule has 1 atom stereocenters. The third-order valence-electron chi connectivity index (χ3n) is 4.00. The molecule has 0 aromatic heterocycles. The van der Waals surface area contributed by atoms with Crippen LogP contribution in [0.3, 0.4) is 0 Å². The zero-order chi connectivity index (χ0) is 16.6. The van der Waals surface area contributed by atoms with Crippen LogP contribution in [0, 0.1) is 41.5 Å². The van der Waals surface area contributed by atoms with Crippen molar-refractivity contribution in [1.82, 2.24) is 0 Å². The Balaban J connectivity index is 2.73. The summed E-state index contributed by atoms with van der Waals surface area (Å²) in [7, 11) is 0. The Labute approximate surface area is 140 Å². The van der Waals surface area contributed by atoms with Crippen molar-refractivity contribution in [3.05, 3.63) is 57.6 Å². The zero-order valence-corrected chi connectivity index (χ0v) is 16.6. The molecule has 2 aromatic carbocycles. The van der Waals surface area contributed by atoms with Crippen LogP contribution in [-0.4, -0.2) is 19.0 Å². The molecule has 0 aliphatic rings. The average Bonchev–Trinajstić information content (AvgIpc) is 2.34. The van der Waals surface area contributed by atoms with Crippen molar-refractivity contribution < 1.29 is 1.37 Å². The summed E-state index contributed by atoms with van der Waals surface area (Å²) in [6.45, 7) is 12.9. The van der Waals surface area contributed by atoms with Gasteiger partial charge >= 0.3 is 140 Å². The summed E-state index contributed by atoms with van der Waals surface area (Å²) in [5.74, 6) is 0. The summed E-state index contributed by atoms with van der Waals surface area (Å²) in [5, 5.41) is 0. The maximum atomic E-state index is 8.34. The van der Waals surface area contributed by atoms with Crippen LogP contribution < -0.4 is 8.79 Å². The van der Waals surface area contributed by atoms with Gasteiger partial charge in [0.25, 0.3) is 0 Å². The second kappa shape index (κ2) is 6.58. The molecule has 111 valence electrons. The van der Waals surface area contributed by atoms with Gasteiger partial charge in [-0.15, -0.1) is 0 Å². The number of hydrogen-bond donors (Lipinski definition) is 0. The van der Waals surface area contributed by atoms with Gasteiger partial charge in [0.1, 0.15) is 0 Å². The monoisotopic (exact) mass is 362 g/mol. The summed E-state index contributed by atoms with van der Waals surface area (Å²) in [4.78, 5) is 0. The van der Waals surface area contributed by atoms with E-state index in [9.17, 15) is 0 Å². The van der Waals surface area contributed by atoms with Gasteiger partial charge in [-0.05, 0) is 0 Å². The standard InChI is InChI=1S/C19H24ClGe/c1-12-7-14(3)18(15(4)8-12)21(11-20)19-16(5)9-13(2)10-17(19)6/h7-10H,11H2,1-6H3/i11D. The van der Waals surface area contributed by atoms with Crippen LogP contribution in [0.1, 0.15) is 34.8 Å². The molecule has 0 spiro atoms. The summed E-state index contributed by atoms with van der Waals surface area (Å²) >= 11 is 4.29. The fourth-order valence-electron chi connectivity index (χ4n) is 3.44. The van der Waals surface area contributed by atoms with Gasteiger partial charge < -0.3 is 0 Å². The molecule has 1 radical (unpaired) electrons. The number of aryl methyl sites for hydroxylation is 6. The maximum absolute atomic E-state index is 8.34. The van der Waals surface area contributed by atoms with Crippen molar-refractivity contribution in [3.63, 3.8) is 0 Å². The molecule has 0 heterocycles. The fraction of sp³-hybridized carbons (Fsp3) is 0.368. The van der Waals surface area contributed by atoms with Gasteiger partial charge in [0, 0.05) is 0 Å². The molecule has 21 heavy (non-hydrogen) atoms. The normalized spacial score (nSPS) is 13.4. The first kappa shape index (κ1) is 15.2. The molecule has 0 fully saturated rings. The summed E-state index contributed by atoms with van der Waals surface area (Å²) < 4.78 is 10.6. The molecule has 0 aliphatic carbocycles. The predicted molar refractivity (Wildman–Crippen MR) is 97.0 cm³/mol. The van der Waals surface area contributed by atoms with E-state index in [1.807, 2.05) is 0 Å². The molecule has 0 amide bonds. The van der Waals surface area contributed by atoms with Gasteiger partial charge in [0.2, 0.25) is 0 Å². The van der Waals surface area contributed by atoms with E-state index in [0.717, 1.165) is 0 Å². The van der Waals surface area contributed by atoms with E-state index >= 15 is 0 Å². The van der Waals surface area contributed by atoms with Crippen molar-refractivity contribution in [1.29, 1.82) is 0 Å². The van der Waals surface area contributed by atoms with Crippen LogP contribution >= 0.6 is 11.6 Å². The fourth-order valence-corrected chi connectivity index (χ4v) is 9.73. The van der Waals surface area contributed by atoms with Gasteiger partial charge in [-0.1, -0.05) is 0 Å². The van der Waals surface area contributed by atoms with Gasteiger partial charge in [-0.25, -0.2) is 0 Å². The Hall–Kier alpha value is -0.727. The molecule has 0 saturated heterocycles. The third-order valence-corrected chi connectivity index (χ3v) is 11.2. The van der Waals surface area contributed by atoms with E-state index in [2.05, 4.69) is 65.8 Å². The second-order valence-electron chi connectivity index (χ2n) is 6.07. The number of alkyl halides is 1. The molecule has 2 heteroatoms. The van der Waals surface area contributed by atoms with Crippen molar-refractivity contribution in [2.45, 2.75) is 41.5 Å². The first-order valence-electron chi connectivity index (χ1n) is 7.89. The molecule has 0 aliphatic heterocycles. The Morgan fingerprint density at radius 1 is 0.762 bits per heavy atom. The second-order valence-corrected chi connectivity index (χ2v) is 11.5. The predicted octanol–water partition coefficient (Wildman–Crippen LogP) is 3.92. The molecule has 0 bridgehead atoms. The molecule has 0 saturated carbocycles. The minimum absolute atomic E-state index is 0.528. The molecular formula is C19H24ClGe. The van der Waals surface area contributed by atoms with E-state index in [0.29, 0.717) is 0 Å². The van der Waals surface area contributed by atoms with Crippen molar-refractivity contribution in [2.75, 3.05) is 4.69 Å². The summed E-state index contributed by atoms with van der Waals surface area (Å²) in [5.41, 5.74) is 7.75. The Kier molecular flexibility index (Phi) is 4.76. The SMILES string of the molecule is [2H][CH](Cl)[Ge]([c]1c(C)cc(C)cc1C)[c]1c(C)cc(C)cc1C. The van der Waals surface area contributed by atoms with Crippen molar-refractivity contribution in [2.24, 2.45) is 0 Å². The number of benzene rings is 2. The summed E-state index contributed by atoms with van der Waals surface area (Å²) in [6, 6.07) is 8.92. The number of hydrogen-bond acceptors (Lipinski definition) is 0. The van der Waals surface area contributed by atoms with Crippen LogP contribution in [0.25, 0.3) is 0 Å². The molecule has 1 unspecified atom stereocenters. The van der Waals surface area contributed by atoms with Crippen molar-refractivity contribution >= 4 is 34.7 Å². The van der Waals surface area contributed by atoms with E-state index in [4.69, 9.17) is 13.0 Å². The van der Waals surface area contributed by atoms with Gasteiger partial charge in [-0.3, -0.25) is 0 Å². The van der Waals surface area contributed by atoms with Crippen LogP contribution in [0.15, 0.2) is 24.3 Å². The molecule has 2 aromatic rings. The van der Waals surface area contributed by atoms with Crippen LogP contribution in [0.5, 0.6) is 0 Å². The topological polar surface area (TPSA) is 0 Å². The van der Waals surface area contributed by atoms with Gasteiger partial charge in [-0.2, -0.15) is 0 Å². The quantitative estimate of drug-likeness (QED) is 0.574. The zero-order valence-electron chi connectivity index (χ0n) is 14.8. The van der Waals surface area contributed by atoms with E-state index < -0.39 is 19.0 Å². The van der Waals surface area contributed by atoms with E-state index in [-0.39, 0.29) is 0 Å². The molecular weight excluding hydrogens is 336 g/mol. The summed E-state index contributed by atoms with van der Waals surface area (Å²) in [6.07, 6.45) is 0. The first-order valence-corrected chi connectivity index (χ1v) is 11.1. The van der Waals surface area contributed by atoms with Gasteiger partial charge in [0.15, 0.2) is 0 Å². The Bertz CT molecular complexity index is 603. The Morgan fingerprint density at radius 3 is 1.29 bits per heavy atom. The van der Waals surface area contributed by atoms with Crippen LogP contribution in [0.4, 0.5) is 0 Å². The van der Waals surface area contributed by atoms with E-state index in [1.54, 1.807) is 0 Å². The van der Waals surface area contributed by atoms with Gasteiger partial charge in [0.05, 0.1) is 0 Å². The number of halogens is 1.